The van der Waals surface area contributed by atoms with Crippen LogP contribution in [0.25, 0.3) is 0 Å². The molecule has 1 saturated heterocycles. The highest BCUT2D eigenvalue weighted by Gasteiger charge is 2.19. The SMILES string of the molecule is COc1nc(Cl)ccc1C1CCCNC1. The van der Waals surface area contributed by atoms with E-state index in [1.807, 2.05) is 12.1 Å². The largest absolute Gasteiger partial charge is 0.481 e. The van der Waals surface area contributed by atoms with Crippen molar-refractivity contribution in [2.24, 2.45) is 0 Å². The first kappa shape index (κ1) is 10.7. The summed E-state index contributed by atoms with van der Waals surface area (Å²) in [6.07, 6.45) is 2.39. The Morgan fingerprint density at radius 1 is 1.53 bits per heavy atom. The van der Waals surface area contributed by atoms with Gasteiger partial charge < -0.3 is 10.1 Å². The van der Waals surface area contributed by atoms with Gasteiger partial charge in [-0.1, -0.05) is 17.7 Å². The molecule has 1 aliphatic rings. The zero-order valence-corrected chi connectivity index (χ0v) is 9.55. The number of pyridine rings is 1. The lowest BCUT2D eigenvalue weighted by atomic mass is 9.92. The van der Waals surface area contributed by atoms with Crippen LogP contribution in [0, 0.1) is 0 Å². The molecule has 1 fully saturated rings. The molecule has 4 heteroatoms. The van der Waals surface area contributed by atoms with Crippen LogP contribution in [0.4, 0.5) is 0 Å². The molecule has 1 unspecified atom stereocenters. The molecule has 0 bridgehead atoms. The standard InChI is InChI=1S/C11H15ClN2O/c1-15-11-9(4-5-10(12)14-11)8-3-2-6-13-7-8/h4-5,8,13H,2-3,6-7H2,1H3. The summed E-state index contributed by atoms with van der Waals surface area (Å²) in [5, 5.41) is 3.87. The van der Waals surface area contributed by atoms with Crippen LogP contribution in [-0.4, -0.2) is 25.2 Å². The van der Waals surface area contributed by atoms with Crippen LogP contribution in [0.15, 0.2) is 12.1 Å². The van der Waals surface area contributed by atoms with Crippen LogP contribution in [0.1, 0.15) is 24.3 Å². The van der Waals surface area contributed by atoms with Crippen LogP contribution in [0.2, 0.25) is 5.15 Å². The first-order valence-electron chi connectivity index (χ1n) is 5.22. The second-order valence-electron chi connectivity index (χ2n) is 3.78. The molecule has 0 saturated carbocycles. The van der Waals surface area contributed by atoms with Crippen molar-refractivity contribution < 1.29 is 4.74 Å². The molecule has 1 aromatic rings. The van der Waals surface area contributed by atoms with Crippen molar-refractivity contribution in [1.82, 2.24) is 10.3 Å². The van der Waals surface area contributed by atoms with Crippen molar-refractivity contribution in [3.05, 3.63) is 22.8 Å². The first-order chi connectivity index (χ1) is 7.31. The van der Waals surface area contributed by atoms with E-state index in [1.54, 1.807) is 7.11 Å². The van der Waals surface area contributed by atoms with Crippen molar-refractivity contribution >= 4 is 11.6 Å². The number of rotatable bonds is 2. The van der Waals surface area contributed by atoms with Crippen LogP contribution in [0.5, 0.6) is 5.88 Å². The fourth-order valence-electron chi connectivity index (χ4n) is 2.02. The Labute approximate surface area is 94.8 Å². The van der Waals surface area contributed by atoms with E-state index in [0.717, 1.165) is 18.7 Å². The van der Waals surface area contributed by atoms with E-state index in [9.17, 15) is 0 Å². The van der Waals surface area contributed by atoms with E-state index in [-0.39, 0.29) is 0 Å². The van der Waals surface area contributed by atoms with Gasteiger partial charge in [0, 0.05) is 18.0 Å². The van der Waals surface area contributed by atoms with Gasteiger partial charge in [0.05, 0.1) is 7.11 Å². The van der Waals surface area contributed by atoms with Gasteiger partial charge in [0.15, 0.2) is 0 Å². The van der Waals surface area contributed by atoms with Gasteiger partial charge in [-0.25, -0.2) is 4.98 Å². The number of piperidine rings is 1. The maximum absolute atomic E-state index is 5.83. The van der Waals surface area contributed by atoms with Crippen LogP contribution >= 0.6 is 11.6 Å². The summed E-state index contributed by atoms with van der Waals surface area (Å²) in [7, 11) is 1.64. The molecular weight excluding hydrogens is 212 g/mol. The molecule has 2 rings (SSSR count). The van der Waals surface area contributed by atoms with Crippen molar-refractivity contribution in [3.8, 4) is 5.88 Å². The number of hydrogen-bond donors (Lipinski definition) is 1. The lowest BCUT2D eigenvalue weighted by Gasteiger charge is -2.24. The highest BCUT2D eigenvalue weighted by molar-refractivity contribution is 6.29. The maximum Gasteiger partial charge on any atom is 0.218 e. The number of aromatic nitrogens is 1. The van der Waals surface area contributed by atoms with E-state index in [1.165, 1.54) is 12.8 Å². The normalized spacial score (nSPS) is 21.3. The molecule has 1 N–H and O–H groups in total. The topological polar surface area (TPSA) is 34.1 Å². The first-order valence-corrected chi connectivity index (χ1v) is 5.60. The molecule has 1 atom stereocenters. The van der Waals surface area contributed by atoms with Crippen molar-refractivity contribution in [1.29, 1.82) is 0 Å². The van der Waals surface area contributed by atoms with E-state index in [0.29, 0.717) is 17.0 Å². The summed E-state index contributed by atoms with van der Waals surface area (Å²) in [4.78, 5) is 4.18. The van der Waals surface area contributed by atoms with Crippen molar-refractivity contribution in [2.45, 2.75) is 18.8 Å². The monoisotopic (exact) mass is 226 g/mol. The van der Waals surface area contributed by atoms with Gasteiger partial charge in [0.2, 0.25) is 5.88 Å². The third-order valence-electron chi connectivity index (χ3n) is 2.79. The van der Waals surface area contributed by atoms with E-state index in [4.69, 9.17) is 16.3 Å². The fraction of sp³-hybridized carbons (Fsp3) is 0.545. The van der Waals surface area contributed by atoms with Crippen molar-refractivity contribution in [3.63, 3.8) is 0 Å². The number of ether oxygens (including phenoxy) is 1. The predicted molar refractivity (Wildman–Crippen MR) is 60.6 cm³/mol. The van der Waals surface area contributed by atoms with E-state index in [2.05, 4.69) is 10.3 Å². The zero-order chi connectivity index (χ0) is 10.7. The number of methoxy groups -OCH3 is 1. The number of nitrogens with one attached hydrogen (secondary N) is 1. The highest BCUT2D eigenvalue weighted by atomic mass is 35.5. The molecule has 3 nitrogen and oxygen atoms in total. The predicted octanol–water partition coefficient (Wildman–Crippen LogP) is 2.21. The molecule has 0 aromatic carbocycles. The summed E-state index contributed by atoms with van der Waals surface area (Å²) in [5.74, 6) is 1.16. The summed E-state index contributed by atoms with van der Waals surface area (Å²) in [6, 6.07) is 3.85. The molecule has 0 amide bonds. The molecular formula is C11H15ClN2O. The summed E-state index contributed by atoms with van der Waals surface area (Å²) < 4.78 is 5.26. The second-order valence-corrected chi connectivity index (χ2v) is 4.16. The Kier molecular flexibility index (Phi) is 3.44. The molecule has 82 valence electrons. The van der Waals surface area contributed by atoms with Gasteiger partial charge in [-0.3, -0.25) is 0 Å². The molecule has 15 heavy (non-hydrogen) atoms. The molecule has 0 radical (unpaired) electrons. The third-order valence-corrected chi connectivity index (χ3v) is 3.00. The van der Waals surface area contributed by atoms with Gasteiger partial charge in [-0.2, -0.15) is 0 Å². The Balaban J connectivity index is 2.25. The minimum absolute atomic E-state index is 0.486. The van der Waals surface area contributed by atoms with Gasteiger partial charge in [0.1, 0.15) is 5.15 Å². The highest BCUT2D eigenvalue weighted by Crippen LogP contribution is 2.30. The fourth-order valence-corrected chi connectivity index (χ4v) is 2.16. The Bertz CT molecular complexity index is 337. The number of halogens is 1. The third kappa shape index (κ3) is 2.41. The Hall–Kier alpha value is -0.800. The average Bonchev–Trinajstić information content (AvgIpc) is 2.30. The smallest absolute Gasteiger partial charge is 0.218 e. The summed E-state index contributed by atoms with van der Waals surface area (Å²) >= 11 is 5.83. The molecule has 1 aromatic heterocycles. The van der Waals surface area contributed by atoms with E-state index >= 15 is 0 Å². The summed E-state index contributed by atoms with van der Waals surface area (Å²) in [5.41, 5.74) is 1.16. The molecule has 1 aliphatic heterocycles. The average molecular weight is 227 g/mol. The maximum atomic E-state index is 5.83. The van der Waals surface area contributed by atoms with Crippen LogP contribution in [-0.2, 0) is 0 Å². The lowest BCUT2D eigenvalue weighted by molar-refractivity contribution is 0.377. The quantitative estimate of drug-likeness (QED) is 0.786. The minimum Gasteiger partial charge on any atom is -0.481 e. The minimum atomic E-state index is 0.486. The molecule has 0 aliphatic carbocycles. The molecule has 0 spiro atoms. The Morgan fingerprint density at radius 3 is 3.07 bits per heavy atom. The van der Waals surface area contributed by atoms with Gasteiger partial charge in [-0.05, 0) is 25.5 Å². The van der Waals surface area contributed by atoms with Crippen molar-refractivity contribution in [2.75, 3.05) is 20.2 Å². The Morgan fingerprint density at radius 2 is 2.40 bits per heavy atom. The molecule has 2 heterocycles. The van der Waals surface area contributed by atoms with Gasteiger partial charge >= 0.3 is 0 Å². The lowest BCUT2D eigenvalue weighted by Crippen LogP contribution is -2.28. The summed E-state index contributed by atoms with van der Waals surface area (Å²) in [6.45, 7) is 2.11. The van der Waals surface area contributed by atoms with Gasteiger partial charge in [-0.15, -0.1) is 0 Å². The van der Waals surface area contributed by atoms with Crippen LogP contribution in [0.3, 0.4) is 0 Å². The number of hydrogen-bond acceptors (Lipinski definition) is 3. The zero-order valence-electron chi connectivity index (χ0n) is 8.79. The van der Waals surface area contributed by atoms with Crippen LogP contribution < -0.4 is 10.1 Å². The van der Waals surface area contributed by atoms with E-state index < -0.39 is 0 Å². The second kappa shape index (κ2) is 4.81. The number of nitrogens with zero attached hydrogens (tertiary/aromatic N) is 1. The van der Waals surface area contributed by atoms with Gasteiger partial charge in [0.25, 0.3) is 0 Å².